The van der Waals surface area contributed by atoms with E-state index in [1.807, 2.05) is 36.4 Å². The topological polar surface area (TPSA) is 34.1 Å². The van der Waals surface area contributed by atoms with Crippen molar-refractivity contribution in [1.82, 2.24) is 0 Å². The van der Waals surface area contributed by atoms with Crippen molar-refractivity contribution < 1.29 is 18.4 Å². The lowest BCUT2D eigenvalue weighted by molar-refractivity contribution is -0.114. The lowest BCUT2D eigenvalue weighted by Crippen LogP contribution is -1.86. The molecule has 2 rings (SSSR count). The number of carbonyl (C=O) groups is 2. The van der Waals surface area contributed by atoms with Gasteiger partial charge in [0.2, 0.25) is 0 Å². The van der Waals surface area contributed by atoms with Crippen LogP contribution in [0.2, 0.25) is 0 Å². The zero-order valence-electron chi connectivity index (χ0n) is 22.1. The standard InChI is InChI=1S/C8H8.C5H8O.C5H10.C4H6F2.C4H6O.C3H8/c1-2-8-6-4-3-5-7-8;1-4(2)5(3)6;1-2-5-3-4-5;1-3(5)4(2)6;1-3-4(2)5;1-3-2/h2-7H,1H2;1H2,2-3H3;5H,2-4H2,1H3;1-2H3;3H,1H2,2H3;3H2,1-2H3/b;;;4-3+;;. The van der Waals surface area contributed by atoms with E-state index in [4.69, 9.17) is 0 Å². The van der Waals surface area contributed by atoms with Crippen LogP contribution in [0.1, 0.15) is 86.6 Å². The van der Waals surface area contributed by atoms with E-state index in [9.17, 15) is 18.4 Å². The van der Waals surface area contributed by atoms with Crippen molar-refractivity contribution >= 4 is 17.6 Å². The molecule has 188 valence electrons. The highest BCUT2D eigenvalue weighted by atomic mass is 19.2. The summed E-state index contributed by atoms with van der Waals surface area (Å²) in [5.74, 6) is -0.264. The fourth-order valence-corrected chi connectivity index (χ4v) is 1.12. The van der Waals surface area contributed by atoms with Gasteiger partial charge in [-0.1, -0.05) is 103 Å². The Labute approximate surface area is 202 Å². The monoisotopic (exact) mass is 464 g/mol. The highest BCUT2D eigenvalue weighted by molar-refractivity contribution is 5.91. The molecule has 0 aromatic heterocycles. The van der Waals surface area contributed by atoms with Crippen LogP contribution in [0.25, 0.3) is 6.08 Å². The summed E-state index contributed by atoms with van der Waals surface area (Å²) < 4.78 is 22.7. The second-order valence-electron chi connectivity index (χ2n) is 7.39. The number of carbonyl (C=O) groups excluding carboxylic acids is 2. The number of benzene rings is 1. The van der Waals surface area contributed by atoms with Gasteiger partial charge in [-0.25, -0.2) is 8.78 Å². The molecule has 1 aliphatic rings. The molecule has 0 spiro atoms. The summed E-state index contributed by atoms with van der Waals surface area (Å²) >= 11 is 0. The number of allylic oxidation sites excluding steroid dienone is 4. The molecule has 1 aromatic rings. The third-order valence-corrected chi connectivity index (χ3v) is 3.67. The van der Waals surface area contributed by atoms with Gasteiger partial charge in [0, 0.05) is 0 Å². The van der Waals surface area contributed by atoms with Crippen molar-refractivity contribution in [2.24, 2.45) is 5.92 Å². The molecular formula is C29H46F2O2. The van der Waals surface area contributed by atoms with Gasteiger partial charge >= 0.3 is 0 Å². The summed E-state index contributed by atoms with van der Waals surface area (Å²) in [4.78, 5) is 19.7. The first kappa shape index (κ1) is 37.7. The van der Waals surface area contributed by atoms with Crippen LogP contribution >= 0.6 is 0 Å². The van der Waals surface area contributed by atoms with Crippen molar-refractivity contribution in [3.8, 4) is 0 Å². The molecule has 0 aliphatic heterocycles. The molecule has 1 aromatic carbocycles. The molecule has 4 heteroatoms. The fourth-order valence-electron chi connectivity index (χ4n) is 1.12. The predicted molar refractivity (Wildman–Crippen MR) is 142 cm³/mol. The van der Waals surface area contributed by atoms with Crippen molar-refractivity contribution in [3.63, 3.8) is 0 Å². The van der Waals surface area contributed by atoms with Crippen molar-refractivity contribution in [2.45, 2.75) is 81.1 Å². The van der Waals surface area contributed by atoms with Crippen molar-refractivity contribution in [1.29, 1.82) is 0 Å². The summed E-state index contributed by atoms with van der Waals surface area (Å²) in [6.07, 6.45) is 8.80. The molecule has 0 heterocycles. The number of hydrogen-bond donors (Lipinski definition) is 0. The smallest absolute Gasteiger partial charge is 0.154 e. The second kappa shape index (κ2) is 27.4. The van der Waals surface area contributed by atoms with E-state index < -0.39 is 11.7 Å². The molecule has 0 amide bonds. The molecule has 0 atom stereocenters. The van der Waals surface area contributed by atoms with Crippen molar-refractivity contribution in [2.75, 3.05) is 0 Å². The average molecular weight is 465 g/mol. The van der Waals surface area contributed by atoms with Gasteiger partial charge in [0.1, 0.15) is 11.7 Å². The van der Waals surface area contributed by atoms with Gasteiger partial charge in [0.05, 0.1) is 0 Å². The van der Waals surface area contributed by atoms with Crippen LogP contribution in [0.5, 0.6) is 0 Å². The van der Waals surface area contributed by atoms with E-state index in [1.165, 1.54) is 51.2 Å². The molecule has 0 saturated heterocycles. The van der Waals surface area contributed by atoms with Gasteiger partial charge in [0.25, 0.3) is 0 Å². The van der Waals surface area contributed by atoms with Crippen LogP contribution < -0.4 is 0 Å². The summed E-state index contributed by atoms with van der Waals surface area (Å²) in [5, 5.41) is 0. The second-order valence-corrected chi connectivity index (χ2v) is 7.39. The molecule has 1 aliphatic carbocycles. The maximum absolute atomic E-state index is 11.3. The first-order valence-corrected chi connectivity index (χ1v) is 11.3. The Balaban J connectivity index is -0.000000156. The first-order chi connectivity index (χ1) is 15.3. The molecule has 1 saturated carbocycles. The first-order valence-electron chi connectivity index (χ1n) is 11.3. The third kappa shape index (κ3) is 44.0. The van der Waals surface area contributed by atoms with Gasteiger partial charge in [0.15, 0.2) is 11.6 Å². The van der Waals surface area contributed by atoms with Gasteiger partial charge in [-0.15, -0.1) is 0 Å². The number of hydrogen-bond acceptors (Lipinski definition) is 2. The van der Waals surface area contributed by atoms with E-state index in [0.717, 1.165) is 19.8 Å². The normalized spacial score (nSPS) is 11.1. The van der Waals surface area contributed by atoms with Gasteiger partial charge in [-0.05, 0) is 57.7 Å². The number of ketones is 2. The highest BCUT2D eigenvalue weighted by Crippen LogP contribution is 2.31. The van der Waals surface area contributed by atoms with E-state index in [0.29, 0.717) is 5.57 Å². The Hall–Kier alpha value is -2.62. The van der Waals surface area contributed by atoms with E-state index in [2.05, 4.69) is 40.5 Å². The van der Waals surface area contributed by atoms with Gasteiger partial charge in [-0.3, -0.25) is 9.59 Å². The van der Waals surface area contributed by atoms with Crippen LogP contribution in [0.3, 0.4) is 0 Å². The molecule has 0 unspecified atom stereocenters. The lowest BCUT2D eigenvalue weighted by Gasteiger charge is -1.85. The highest BCUT2D eigenvalue weighted by Gasteiger charge is 2.17. The SMILES string of the molecule is C/C(F)=C(/C)F.C=C(C)C(C)=O.C=CC(C)=O.C=Cc1ccccc1.CCC.CCC1CC1. The maximum Gasteiger partial charge on any atom is 0.154 e. The van der Waals surface area contributed by atoms with Crippen LogP contribution in [0, 0.1) is 5.92 Å². The Morgan fingerprint density at radius 2 is 1.24 bits per heavy atom. The molecule has 33 heavy (non-hydrogen) atoms. The minimum atomic E-state index is -0.741. The summed E-state index contributed by atoms with van der Waals surface area (Å²) in [7, 11) is 0. The van der Waals surface area contributed by atoms with E-state index in [1.54, 1.807) is 6.92 Å². The Morgan fingerprint density at radius 1 is 0.909 bits per heavy atom. The number of rotatable bonds is 4. The molecular weight excluding hydrogens is 418 g/mol. The summed E-state index contributed by atoms with van der Waals surface area (Å²) in [6.45, 7) is 23.6. The Morgan fingerprint density at radius 3 is 1.33 bits per heavy atom. The van der Waals surface area contributed by atoms with E-state index in [-0.39, 0.29) is 11.6 Å². The van der Waals surface area contributed by atoms with Gasteiger partial charge < -0.3 is 0 Å². The molecule has 0 radical (unpaired) electrons. The summed E-state index contributed by atoms with van der Waals surface area (Å²) in [5.41, 5.74) is 1.79. The largest absolute Gasteiger partial charge is 0.295 e. The van der Waals surface area contributed by atoms with Crippen LogP contribution in [0.4, 0.5) is 8.78 Å². The fraction of sp³-hybridized carbons (Fsp3) is 0.448. The molecule has 0 bridgehead atoms. The summed E-state index contributed by atoms with van der Waals surface area (Å²) in [6, 6.07) is 10.0. The maximum atomic E-state index is 11.3. The van der Waals surface area contributed by atoms with E-state index >= 15 is 0 Å². The quantitative estimate of drug-likeness (QED) is 0.416. The zero-order valence-corrected chi connectivity index (χ0v) is 22.1. The average Bonchev–Trinajstić information content (AvgIpc) is 3.61. The molecule has 2 nitrogen and oxygen atoms in total. The van der Waals surface area contributed by atoms with Crippen LogP contribution in [0.15, 0.2) is 73.4 Å². The number of halogens is 2. The number of Topliss-reactive ketones (excluding diaryl/α,β-unsaturated/α-hetero) is 1. The van der Waals surface area contributed by atoms with Crippen LogP contribution in [-0.4, -0.2) is 11.6 Å². The van der Waals surface area contributed by atoms with Crippen molar-refractivity contribution in [3.05, 3.63) is 78.9 Å². The van der Waals surface area contributed by atoms with Gasteiger partial charge in [-0.2, -0.15) is 0 Å². The Bertz CT molecular complexity index is 655. The lowest BCUT2D eigenvalue weighted by atomic mass is 10.2. The molecule has 0 N–H and O–H groups in total. The molecule has 1 fully saturated rings. The minimum absolute atomic E-state index is 0.0185. The van der Waals surface area contributed by atoms with Crippen LogP contribution in [-0.2, 0) is 9.59 Å². The third-order valence-electron chi connectivity index (χ3n) is 3.67. The minimum Gasteiger partial charge on any atom is -0.295 e. The zero-order chi connectivity index (χ0) is 26.8. The Kier molecular flexibility index (Phi) is 31.3. The predicted octanol–water partition coefficient (Wildman–Crippen LogP) is 9.64.